The Morgan fingerprint density at radius 2 is 0.967 bits per heavy atom. The van der Waals surface area contributed by atoms with Gasteiger partial charge in [0.1, 0.15) is 5.54 Å². The van der Waals surface area contributed by atoms with Crippen LogP contribution < -0.4 is 15.8 Å². The predicted molar refractivity (Wildman–Crippen MR) is 204 cm³/mol. The van der Waals surface area contributed by atoms with Crippen molar-refractivity contribution in [3.63, 3.8) is 0 Å². The second-order valence-corrected chi connectivity index (χ2v) is 12.9. The highest BCUT2D eigenvalue weighted by molar-refractivity contribution is 5.77. The normalized spacial score (nSPS) is 12.4. The summed E-state index contributed by atoms with van der Waals surface area (Å²) in [6.07, 6.45) is 3.26. The number of carbonyl (C=O) groups is 2. The molecule has 1 atom stereocenters. The molecule has 3 N–H and O–H groups in total. The van der Waals surface area contributed by atoms with Crippen LogP contribution in [0.15, 0.2) is 0 Å². The fourth-order valence-electron chi connectivity index (χ4n) is 4.79. The van der Waals surface area contributed by atoms with E-state index in [1.54, 1.807) is 0 Å². The second-order valence-electron chi connectivity index (χ2n) is 12.9. The Hall–Kier alpha value is -3.14. The van der Waals surface area contributed by atoms with E-state index in [0.29, 0.717) is 65.8 Å². The van der Waals surface area contributed by atoms with Gasteiger partial charge in [0.25, 0.3) is 0 Å². The summed E-state index contributed by atoms with van der Waals surface area (Å²) in [5, 5.41) is 11.7. The summed E-state index contributed by atoms with van der Waals surface area (Å²) in [4.78, 5) is 25.1. The smallest absolute Gasteiger partial charge is 0.313 e. The molecule has 16 nitrogen and oxygen atoms in total. The van der Waals surface area contributed by atoms with Crippen LogP contribution in [0.4, 0.5) is 22.0 Å². The van der Waals surface area contributed by atoms with Crippen LogP contribution in [-0.2, 0) is 57.0 Å². The Bertz CT molecular complexity index is 1280. The van der Waals surface area contributed by atoms with E-state index in [9.17, 15) is 31.5 Å². The molecule has 0 fully saturated rings. The number of rotatable bonds is 41. The molecule has 0 aliphatic rings. The first-order valence-corrected chi connectivity index (χ1v) is 20.0. The predicted octanol–water partition coefficient (Wildman–Crippen LogP) is 3.54. The first-order valence-electron chi connectivity index (χ1n) is 20.0. The molecule has 0 saturated heterocycles. The Morgan fingerprint density at radius 3 is 1.45 bits per heavy atom. The summed E-state index contributed by atoms with van der Waals surface area (Å²) >= 11 is 0. The number of hydrogen-bond acceptors (Lipinski definition) is 15. The van der Waals surface area contributed by atoms with Gasteiger partial charge in [-0.1, -0.05) is 13.3 Å². The fourth-order valence-corrected chi connectivity index (χ4v) is 4.79. The van der Waals surface area contributed by atoms with Crippen LogP contribution in [0.1, 0.15) is 51.9 Å². The molecule has 1 unspecified atom stereocenters. The molecule has 60 heavy (non-hydrogen) atoms. The third kappa shape index (κ3) is 26.3. The van der Waals surface area contributed by atoms with E-state index in [1.807, 2.05) is 6.92 Å². The first kappa shape index (κ1) is 54.9. The molecule has 346 valence electrons. The second kappa shape index (κ2) is 36.5. The highest BCUT2D eigenvalue weighted by Gasteiger charge is 2.34. The average molecular weight is 876 g/mol. The molecule has 0 aromatic heterocycles. The van der Waals surface area contributed by atoms with E-state index in [1.165, 1.54) is 0 Å². The van der Waals surface area contributed by atoms with Crippen LogP contribution in [-0.4, -0.2) is 156 Å². The zero-order chi connectivity index (χ0) is 44.1. The lowest BCUT2D eigenvalue weighted by molar-refractivity contribution is -0.136. The van der Waals surface area contributed by atoms with Crippen LogP contribution in [0.25, 0.3) is 0 Å². The van der Waals surface area contributed by atoms with Crippen LogP contribution in [0, 0.1) is 40.4 Å². The van der Waals surface area contributed by atoms with Crippen LogP contribution in [0.5, 0.6) is 5.75 Å². The number of halogens is 5. The van der Waals surface area contributed by atoms with Crippen molar-refractivity contribution in [2.45, 2.75) is 57.4 Å². The topological polar surface area (TPSA) is 198 Å². The SMILES string of the molecule is CCCOCCOCCOCC(COCCOCCCCCC#N)(COCCOCCOCCN)NC(=O)CCOCCOCCC(=O)Oc1c(F)c(F)c(F)c(F)c1F. The van der Waals surface area contributed by atoms with Gasteiger partial charge in [-0.3, -0.25) is 9.59 Å². The molecule has 1 aromatic carbocycles. The molecular weight excluding hydrogens is 813 g/mol. The highest BCUT2D eigenvalue weighted by Crippen LogP contribution is 2.29. The minimum atomic E-state index is -2.38. The molecule has 0 aliphatic carbocycles. The monoisotopic (exact) mass is 875 g/mol. The quantitative estimate of drug-likeness (QED) is 0.0242. The summed E-state index contributed by atoms with van der Waals surface area (Å²) in [5.41, 5.74) is 4.28. The number of nitrogens with zero attached hydrogens (tertiary/aromatic N) is 1. The van der Waals surface area contributed by atoms with E-state index in [4.69, 9.17) is 58.4 Å². The van der Waals surface area contributed by atoms with Gasteiger partial charge in [-0.2, -0.15) is 14.0 Å². The minimum Gasteiger partial charge on any atom is -0.420 e. The van der Waals surface area contributed by atoms with E-state index < -0.39 is 58.7 Å². The van der Waals surface area contributed by atoms with E-state index in [0.717, 1.165) is 25.7 Å². The lowest BCUT2D eigenvalue weighted by Gasteiger charge is -2.34. The molecule has 1 rings (SSSR count). The molecule has 0 aliphatic heterocycles. The van der Waals surface area contributed by atoms with Gasteiger partial charge in [0.15, 0.2) is 0 Å². The first-order chi connectivity index (χ1) is 29.1. The van der Waals surface area contributed by atoms with E-state index in [2.05, 4.69) is 16.1 Å². The summed E-state index contributed by atoms with van der Waals surface area (Å²) < 4.78 is 128. The molecule has 0 bridgehead atoms. The standard InChI is InChI=1S/C39H62F5N3O13/c1-2-11-50-16-20-55-23-26-58-29-39(30-59-27-24-56-21-19-54-15-10-46,28-57-25-22-51-12-6-4-3-5-9-45)47-31(48)7-13-52-17-18-53-14-8-32(49)60-38-36(43)34(41)33(40)35(42)37(38)44/h2-8,10-30,46H2,1H3,(H,47,48). The summed E-state index contributed by atoms with van der Waals surface area (Å²) in [6.45, 7) is 6.65. The maximum Gasteiger partial charge on any atom is 0.313 e. The zero-order valence-corrected chi connectivity index (χ0v) is 34.5. The molecule has 0 radical (unpaired) electrons. The summed E-state index contributed by atoms with van der Waals surface area (Å²) in [6, 6.07) is 2.12. The number of nitriles is 1. The number of benzene rings is 1. The number of nitrogens with two attached hydrogens (primary N) is 1. The molecular formula is C39H62F5N3O13. The molecule has 1 aromatic rings. The number of hydrogen-bond donors (Lipinski definition) is 2. The van der Waals surface area contributed by atoms with Crippen LogP contribution in [0.3, 0.4) is 0 Å². The Kier molecular flexibility index (Phi) is 33.4. The van der Waals surface area contributed by atoms with Gasteiger partial charge in [-0.05, 0) is 19.3 Å². The largest absolute Gasteiger partial charge is 0.420 e. The van der Waals surface area contributed by atoms with E-state index in [-0.39, 0.29) is 85.7 Å². The van der Waals surface area contributed by atoms with Crippen LogP contribution >= 0.6 is 0 Å². The van der Waals surface area contributed by atoms with Gasteiger partial charge < -0.3 is 63.2 Å². The molecule has 21 heteroatoms. The third-order valence-corrected chi connectivity index (χ3v) is 7.77. The summed E-state index contributed by atoms with van der Waals surface area (Å²) in [7, 11) is 0. The lowest BCUT2D eigenvalue weighted by Crippen LogP contribution is -2.59. The maximum absolute atomic E-state index is 13.8. The van der Waals surface area contributed by atoms with Gasteiger partial charge in [0, 0.05) is 32.6 Å². The zero-order valence-electron chi connectivity index (χ0n) is 34.5. The molecule has 1 amide bonds. The number of nitrogens with one attached hydrogen (secondary N) is 1. The molecule has 0 saturated carbocycles. The van der Waals surface area contributed by atoms with Crippen molar-refractivity contribution in [1.29, 1.82) is 5.26 Å². The molecule has 0 spiro atoms. The molecule has 0 heterocycles. The Morgan fingerprint density at radius 1 is 0.550 bits per heavy atom. The van der Waals surface area contributed by atoms with Gasteiger partial charge >= 0.3 is 5.97 Å². The number of carbonyl (C=O) groups excluding carboxylic acids is 2. The number of ether oxygens (including phenoxy) is 11. The van der Waals surface area contributed by atoms with Crippen molar-refractivity contribution >= 4 is 11.9 Å². The van der Waals surface area contributed by atoms with E-state index >= 15 is 0 Å². The fraction of sp³-hybridized carbons (Fsp3) is 0.769. The maximum atomic E-state index is 13.8. The minimum absolute atomic E-state index is 0.00130. The van der Waals surface area contributed by atoms with Crippen molar-refractivity contribution in [3.05, 3.63) is 29.1 Å². The van der Waals surface area contributed by atoms with Crippen molar-refractivity contribution < 1.29 is 83.6 Å². The van der Waals surface area contributed by atoms with Crippen molar-refractivity contribution in [3.8, 4) is 11.8 Å². The third-order valence-electron chi connectivity index (χ3n) is 7.77. The summed E-state index contributed by atoms with van der Waals surface area (Å²) in [5.74, 6) is -14.8. The average Bonchev–Trinajstić information content (AvgIpc) is 3.24. The number of unbranched alkanes of at least 4 members (excludes halogenated alkanes) is 3. The lowest BCUT2D eigenvalue weighted by atomic mass is 10.0. The van der Waals surface area contributed by atoms with Crippen LogP contribution in [0.2, 0.25) is 0 Å². The van der Waals surface area contributed by atoms with Crippen molar-refractivity contribution in [1.82, 2.24) is 5.32 Å². The number of esters is 1. The van der Waals surface area contributed by atoms with Crippen molar-refractivity contribution in [2.75, 3.05) is 139 Å². The van der Waals surface area contributed by atoms with Gasteiger partial charge in [-0.15, -0.1) is 0 Å². The highest BCUT2D eigenvalue weighted by atomic mass is 19.2. The Balaban J connectivity index is 2.69. The Labute approximate surface area is 348 Å². The van der Waals surface area contributed by atoms with Gasteiger partial charge in [0.2, 0.25) is 40.7 Å². The van der Waals surface area contributed by atoms with Gasteiger partial charge in [0.05, 0.1) is 131 Å². The number of amides is 1. The van der Waals surface area contributed by atoms with Crippen molar-refractivity contribution in [2.24, 2.45) is 5.73 Å². The van der Waals surface area contributed by atoms with Gasteiger partial charge in [-0.25, -0.2) is 13.2 Å².